The predicted octanol–water partition coefficient (Wildman–Crippen LogP) is 4.55. The zero-order chi connectivity index (χ0) is 24.8. The number of rotatable bonds is 4. The van der Waals surface area contributed by atoms with Crippen molar-refractivity contribution in [2.24, 2.45) is 17.3 Å². The van der Waals surface area contributed by atoms with E-state index >= 15 is 0 Å². The predicted molar refractivity (Wildman–Crippen MR) is 125 cm³/mol. The van der Waals surface area contributed by atoms with Gasteiger partial charge >= 0.3 is 6.18 Å². The third-order valence-electron chi connectivity index (χ3n) is 8.83. The number of halogens is 3. The minimum atomic E-state index is -4.44. The standard InChI is InChI=1S/C25H31F3N4O2S/c1-15(2)32-22(10-21(30-32)16-7-17(12-29-11-16)25(26,27)28)23-19-8-18(9-20(19)23)31-5-3-24(13-31)4-6-35(33,34)14-24/h7,10-12,15,18-20,23H,3-6,8-9,13-14H2,1-2H3/t18?,19-,20+,23+,24?. The van der Waals surface area contributed by atoms with Crippen LogP contribution >= 0.6 is 0 Å². The average molecular weight is 509 g/mol. The van der Waals surface area contributed by atoms with E-state index in [9.17, 15) is 21.6 Å². The van der Waals surface area contributed by atoms with Gasteiger partial charge in [-0.25, -0.2) is 8.42 Å². The Morgan fingerprint density at radius 3 is 2.49 bits per heavy atom. The van der Waals surface area contributed by atoms with Gasteiger partial charge in [0, 0.05) is 48.2 Å². The number of sulfone groups is 1. The molecule has 0 N–H and O–H groups in total. The fraction of sp³-hybridized carbons (Fsp3) is 0.680. The third kappa shape index (κ3) is 4.10. The molecule has 35 heavy (non-hydrogen) atoms. The molecule has 1 spiro atoms. The van der Waals surface area contributed by atoms with Crippen LogP contribution in [0.1, 0.15) is 62.7 Å². The maximum atomic E-state index is 13.2. The molecule has 2 aliphatic carbocycles. The SMILES string of the molecule is CC(C)n1nc(-c2cncc(C(F)(F)F)c2)cc1[C@H]1[C@@H]2CC(N3CCC4(CCS(=O)(=O)C4)C3)C[C@@H]21. The van der Waals surface area contributed by atoms with Crippen molar-refractivity contribution < 1.29 is 21.6 Å². The number of likely N-dealkylation sites (tertiary alicyclic amines) is 1. The van der Waals surface area contributed by atoms with Crippen molar-refractivity contribution in [3.05, 3.63) is 35.8 Å². The second-order valence-electron chi connectivity index (χ2n) is 11.5. The van der Waals surface area contributed by atoms with E-state index in [1.807, 2.05) is 24.6 Å². The summed E-state index contributed by atoms with van der Waals surface area (Å²) in [4.78, 5) is 6.34. The summed E-state index contributed by atoms with van der Waals surface area (Å²) in [7, 11) is -2.88. The van der Waals surface area contributed by atoms with Crippen molar-refractivity contribution in [3.63, 3.8) is 0 Å². The Kier molecular flexibility index (Phi) is 5.21. The summed E-state index contributed by atoms with van der Waals surface area (Å²) in [5.41, 5.74) is 1.24. The summed E-state index contributed by atoms with van der Waals surface area (Å²) in [6.45, 7) is 5.98. The molecule has 2 unspecified atom stereocenters. The molecular formula is C25H31F3N4O2S. The van der Waals surface area contributed by atoms with Crippen molar-refractivity contribution in [2.75, 3.05) is 24.6 Å². The Morgan fingerprint density at radius 2 is 1.86 bits per heavy atom. The highest BCUT2D eigenvalue weighted by atomic mass is 32.2. The van der Waals surface area contributed by atoms with Crippen molar-refractivity contribution in [1.82, 2.24) is 19.7 Å². The zero-order valence-electron chi connectivity index (χ0n) is 20.0. The summed E-state index contributed by atoms with van der Waals surface area (Å²) in [6, 6.07) is 3.70. The molecule has 0 bridgehead atoms. The minimum Gasteiger partial charge on any atom is -0.300 e. The van der Waals surface area contributed by atoms with E-state index in [1.54, 1.807) is 0 Å². The largest absolute Gasteiger partial charge is 0.417 e. The third-order valence-corrected chi connectivity index (χ3v) is 10.7. The van der Waals surface area contributed by atoms with Crippen LogP contribution < -0.4 is 0 Å². The van der Waals surface area contributed by atoms with Crippen LogP contribution in [0.2, 0.25) is 0 Å². The van der Waals surface area contributed by atoms with Gasteiger partial charge < -0.3 is 0 Å². The monoisotopic (exact) mass is 508 g/mol. The number of hydrogen-bond acceptors (Lipinski definition) is 5. The molecule has 2 aliphatic heterocycles. The molecule has 4 aliphatic rings. The molecule has 4 heterocycles. The lowest BCUT2D eigenvalue weighted by atomic mass is 9.87. The maximum Gasteiger partial charge on any atom is 0.417 e. The van der Waals surface area contributed by atoms with Crippen LogP contribution in [0.4, 0.5) is 13.2 Å². The lowest BCUT2D eigenvalue weighted by Crippen LogP contribution is -2.35. The van der Waals surface area contributed by atoms with Crippen LogP contribution in [0, 0.1) is 17.3 Å². The number of pyridine rings is 1. The smallest absolute Gasteiger partial charge is 0.300 e. The zero-order valence-corrected chi connectivity index (χ0v) is 20.8. The van der Waals surface area contributed by atoms with Gasteiger partial charge in [-0.15, -0.1) is 0 Å². The van der Waals surface area contributed by atoms with Gasteiger partial charge in [-0.3, -0.25) is 14.6 Å². The maximum absolute atomic E-state index is 13.2. The topological polar surface area (TPSA) is 68.1 Å². The fourth-order valence-electron chi connectivity index (χ4n) is 7.08. The lowest BCUT2D eigenvalue weighted by molar-refractivity contribution is -0.137. The highest BCUT2D eigenvalue weighted by Gasteiger charge is 2.60. The molecule has 2 aromatic heterocycles. The molecule has 0 amide bonds. The number of nitrogens with zero attached hydrogens (tertiary/aromatic N) is 4. The molecular weight excluding hydrogens is 477 g/mol. The average Bonchev–Trinajstić information content (AvgIpc) is 3.30. The Balaban J connectivity index is 1.17. The Morgan fingerprint density at radius 1 is 1.11 bits per heavy atom. The van der Waals surface area contributed by atoms with Gasteiger partial charge in [0.25, 0.3) is 0 Å². The minimum absolute atomic E-state index is 0.0326. The molecule has 190 valence electrons. The van der Waals surface area contributed by atoms with Crippen molar-refractivity contribution in [1.29, 1.82) is 0 Å². The van der Waals surface area contributed by atoms with Crippen LogP contribution in [-0.2, 0) is 16.0 Å². The quantitative estimate of drug-likeness (QED) is 0.606. The second kappa shape index (κ2) is 7.78. The van der Waals surface area contributed by atoms with Crippen LogP contribution in [-0.4, -0.2) is 58.7 Å². The molecule has 2 saturated heterocycles. The van der Waals surface area contributed by atoms with Crippen molar-refractivity contribution in [2.45, 2.75) is 63.7 Å². The van der Waals surface area contributed by atoms with E-state index in [1.165, 1.54) is 6.20 Å². The number of aromatic nitrogens is 3. The Hall–Kier alpha value is -1.94. The van der Waals surface area contributed by atoms with Crippen LogP contribution in [0.3, 0.4) is 0 Å². The normalized spacial score (nSPS) is 34.2. The Bertz CT molecular complexity index is 1250. The van der Waals surface area contributed by atoms with E-state index in [-0.39, 0.29) is 11.5 Å². The lowest BCUT2D eigenvalue weighted by Gasteiger charge is -2.28. The van der Waals surface area contributed by atoms with Gasteiger partial charge in [0.1, 0.15) is 0 Å². The van der Waals surface area contributed by atoms with Gasteiger partial charge in [-0.1, -0.05) is 0 Å². The van der Waals surface area contributed by atoms with Gasteiger partial charge in [0.15, 0.2) is 9.84 Å². The highest BCUT2D eigenvalue weighted by Crippen LogP contribution is 2.64. The van der Waals surface area contributed by atoms with E-state index in [0.717, 1.165) is 56.7 Å². The Labute approximate surface area is 203 Å². The molecule has 6 nitrogen and oxygen atoms in total. The summed E-state index contributed by atoms with van der Waals surface area (Å²) in [5.74, 6) is 2.19. The first-order valence-corrected chi connectivity index (χ1v) is 14.3. The van der Waals surface area contributed by atoms with Crippen LogP contribution in [0.5, 0.6) is 0 Å². The number of alkyl halides is 3. The molecule has 6 rings (SSSR count). The van der Waals surface area contributed by atoms with Crippen LogP contribution in [0.15, 0.2) is 24.5 Å². The van der Waals surface area contributed by atoms with Gasteiger partial charge in [0.05, 0.1) is 22.8 Å². The summed E-state index contributed by atoms with van der Waals surface area (Å²) >= 11 is 0. The molecule has 5 atom stereocenters. The molecule has 4 fully saturated rings. The first-order chi connectivity index (χ1) is 16.4. The first kappa shape index (κ1) is 23.5. The summed E-state index contributed by atoms with van der Waals surface area (Å²) < 4.78 is 65.6. The summed E-state index contributed by atoms with van der Waals surface area (Å²) in [6.07, 6.45) is 1.83. The van der Waals surface area contributed by atoms with Gasteiger partial charge in [-0.2, -0.15) is 18.3 Å². The number of hydrogen-bond donors (Lipinski definition) is 0. The van der Waals surface area contributed by atoms with E-state index in [0.29, 0.717) is 46.6 Å². The summed E-state index contributed by atoms with van der Waals surface area (Å²) in [5, 5.41) is 4.69. The highest BCUT2D eigenvalue weighted by molar-refractivity contribution is 7.91. The van der Waals surface area contributed by atoms with E-state index in [4.69, 9.17) is 5.10 Å². The van der Waals surface area contributed by atoms with Crippen molar-refractivity contribution >= 4 is 9.84 Å². The number of fused-ring (bicyclic) bond motifs is 1. The van der Waals surface area contributed by atoms with Crippen molar-refractivity contribution in [3.8, 4) is 11.3 Å². The molecule has 2 saturated carbocycles. The molecule has 0 radical (unpaired) electrons. The fourth-order valence-corrected chi connectivity index (χ4v) is 9.28. The van der Waals surface area contributed by atoms with E-state index in [2.05, 4.69) is 9.88 Å². The second-order valence-corrected chi connectivity index (χ2v) is 13.7. The van der Waals surface area contributed by atoms with Crippen LogP contribution in [0.25, 0.3) is 11.3 Å². The molecule has 0 aromatic carbocycles. The van der Waals surface area contributed by atoms with E-state index < -0.39 is 21.6 Å². The van der Waals surface area contributed by atoms with Gasteiger partial charge in [-0.05, 0) is 75.5 Å². The molecule has 2 aromatic rings. The van der Waals surface area contributed by atoms with Gasteiger partial charge in [0.2, 0.25) is 0 Å². The molecule has 10 heteroatoms. The first-order valence-electron chi connectivity index (χ1n) is 12.5.